The van der Waals surface area contributed by atoms with Gasteiger partial charge in [-0.3, -0.25) is 0 Å². The Morgan fingerprint density at radius 3 is 2.83 bits per heavy atom. The van der Waals surface area contributed by atoms with Crippen molar-refractivity contribution in [1.82, 2.24) is 20.0 Å². The maximum Gasteiger partial charge on any atom is 0.316 e. The second-order valence-corrected chi connectivity index (χ2v) is 8.15. The molecule has 1 aromatic heterocycles. The van der Waals surface area contributed by atoms with Crippen molar-refractivity contribution < 1.29 is 14.2 Å². The lowest BCUT2D eigenvalue weighted by Gasteiger charge is -2.38. The van der Waals surface area contributed by atoms with Crippen LogP contribution in [-0.2, 0) is 11.2 Å². The standard InChI is InChI=1S/C23H28N4O3/c1-28-23-24-13-20(14-25-23)18-5-6-22-19(11-18)12-21(16-30-22)27-8-2-7-26(27)9-10-29-15-17-3-4-17/h2,5-6,8,11,13-14,17,21H,3-4,7,9-10,12,15-16H2,1H3. The molecule has 7 heteroatoms. The van der Waals surface area contributed by atoms with Gasteiger partial charge >= 0.3 is 6.01 Å². The number of hydrazine groups is 1. The summed E-state index contributed by atoms with van der Waals surface area (Å²) >= 11 is 0. The van der Waals surface area contributed by atoms with Crippen molar-refractivity contribution >= 4 is 0 Å². The molecule has 158 valence electrons. The van der Waals surface area contributed by atoms with E-state index in [1.165, 1.54) is 18.4 Å². The molecule has 0 spiro atoms. The van der Waals surface area contributed by atoms with Gasteiger partial charge in [-0.1, -0.05) is 12.1 Å². The van der Waals surface area contributed by atoms with E-state index >= 15 is 0 Å². The van der Waals surface area contributed by atoms with Crippen LogP contribution in [0.4, 0.5) is 0 Å². The smallest absolute Gasteiger partial charge is 0.316 e. The molecule has 0 N–H and O–H groups in total. The van der Waals surface area contributed by atoms with Gasteiger partial charge in [0.2, 0.25) is 0 Å². The van der Waals surface area contributed by atoms with E-state index in [0.717, 1.165) is 55.5 Å². The second-order valence-electron chi connectivity index (χ2n) is 8.15. The van der Waals surface area contributed by atoms with E-state index in [0.29, 0.717) is 12.6 Å². The highest BCUT2D eigenvalue weighted by Gasteiger charge is 2.29. The zero-order valence-electron chi connectivity index (χ0n) is 17.4. The minimum absolute atomic E-state index is 0.280. The summed E-state index contributed by atoms with van der Waals surface area (Å²) in [7, 11) is 1.57. The Morgan fingerprint density at radius 1 is 1.17 bits per heavy atom. The summed E-state index contributed by atoms with van der Waals surface area (Å²) in [6.07, 6.45) is 11.6. The number of hydrogen-bond acceptors (Lipinski definition) is 7. The van der Waals surface area contributed by atoms with Crippen LogP contribution >= 0.6 is 0 Å². The third-order valence-corrected chi connectivity index (χ3v) is 5.91. The number of nitrogens with zero attached hydrogens (tertiary/aromatic N) is 4. The number of fused-ring (bicyclic) bond motifs is 1. The predicted molar refractivity (Wildman–Crippen MR) is 113 cm³/mol. The van der Waals surface area contributed by atoms with Gasteiger partial charge in [0.15, 0.2) is 0 Å². The third kappa shape index (κ3) is 4.27. The maximum atomic E-state index is 6.10. The number of methoxy groups -OCH3 is 1. The summed E-state index contributed by atoms with van der Waals surface area (Å²) in [5.74, 6) is 1.78. The Balaban J connectivity index is 1.24. The lowest BCUT2D eigenvalue weighted by atomic mass is 9.98. The molecule has 2 aliphatic heterocycles. The largest absolute Gasteiger partial charge is 0.491 e. The Kier molecular flexibility index (Phi) is 5.55. The molecule has 1 aromatic carbocycles. The van der Waals surface area contributed by atoms with E-state index in [1.54, 1.807) is 19.5 Å². The van der Waals surface area contributed by atoms with Crippen LogP contribution in [-0.4, -0.2) is 66.0 Å². The fourth-order valence-corrected chi connectivity index (χ4v) is 4.03. The molecule has 5 rings (SSSR count). The number of hydrogen-bond donors (Lipinski definition) is 0. The molecule has 1 fully saturated rings. The van der Waals surface area contributed by atoms with Gasteiger partial charge in [-0.25, -0.2) is 15.0 Å². The highest BCUT2D eigenvalue weighted by molar-refractivity contribution is 5.64. The quantitative estimate of drug-likeness (QED) is 0.623. The molecule has 2 aromatic rings. The SMILES string of the molecule is COc1ncc(-c2ccc3c(c2)CC(N2C=CCN2CCOCC2CC2)CO3)cn1. The molecule has 30 heavy (non-hydrogen) atoms. The number of rotatable bonds is 8. The molecule has 1 atom stereocenters. The minimum atomic E-state index is 0.280. The van der Waals surface area contributed by atoms with Crippen molar-refractivity contribution in [2.45, 2.75) is 25.3 Å². The van der Waals surface area contributed by atoms with E-state index in [4.69, 9.17) is 14.2 Å². The van der Waals surface area contributed by atoms with Gasteiger partial charge in [0, 0.05) is 50.3 Å². The summed E-state index contributed by atoms with van der Waals surface area (Å²) in [4.78, 5) is 8.45. The van der Waals surface area contributed by atoms with Gasteiger partial charge in [-0.05, 0) is 42.0 Å². The first-order valence-electron chi connectivity index (χ1n) is 10.7. The van der Waals surface area contributed by atoms with Crippen molar-refractivity contribution in [2.24, 2.45) is 5.92 Å². The van der Waals surface area contributed by atoms with Gasteiger partial charge in [-0.15, -0.1) is 0 Å². The van der Waals surface area contributed by atoms with E-state index < -0.39 is 0 Å². The molecule has 1 saturated carbocycles. The van der Waals surface area contributed by atoms with Crippen LogP contribution in [0.1, 0.15) is 18.4 Å². The minimum Gasteiger partial charge on any atom is -0.491 e. The van der Waals surface area contributed by atoms with E-state index in [2.05, 4.69) is 50.5 Å². The van der Waals surface area contributed by atoms with Gasteiger partial charge in [0.25, 0.3) is 0 Å². The first kappa shape index (κ1) is 19.3. The first-order valence-corrected chi connectivity index (χ1v) is 10.7. The van der Waals surface area contributed by atoms with Crippen LogP contribution in [0.5, 0.6) is 11.8 Å². The maximum absolute atomic E-state index is 6.10. The fourth-order valence-electron chi connectivity index (χ4n) is 4.03. The molecule has 3 heterocycles. The number of aromatic nitrogens is 2. The molecule has 0 bridgehead atoms. The Hall–Kier alpha value is -2.64. The molecule has 0 radical (unpaired) electrons. The zero-order valence-corrected chi connectivity index (χ0v) is 17.4. The lowest BCUT2D eigenvalue weighted by molar-refractivity contribution is -0.0306. The van der Waals surface area contributed by atoms with Crippen molar-refractivity contribution in [3.05, 3.63) is 48.4 Å². The van der Waals surface area contributed by atoms with Crippen LogP contribution < -0.4 is 9.47 Å². The summed E-state index contributed by atoms with van der Waals surface area (Å²) in [5, 5.41) is 4.68. The highest BCUT2D eigenvalue weighted by atomic mass is 16.5. The first-order chi connectivity index (χ1) is 14.8. The van der Waals surface area contributed by atoms with Crippen molar-refractivity contribution in [3.63, 3.8) is 0 Å². The summed E-state index contributed by atoms with van der Waals surface area (Å²) < 4.78 is 17.0. The molecule has 0 saturated heterocycles. The van der Waals surface area contributed by atoms with Gasteiger partial charge in [0.1, 0.15) is 12.4 Å². The Labute approximate surface area is 177 Å². The molecule has 7 nitrogen and oxygen atoms in total. The van der Waals surface area contributed by atoms with Crippen molar-refractivity contribution in [1.29, 1.82) is 0 Å². The topological polar surface area (TPSA) is 60.0 Å². The van der Waals surface area contributed by atoms with Gasteiger partial charge < -0.3 is 19.2 Å². The van der Waals surface area contributed by atoms with Crippen molar-refractivity contribution in [3.8, 4) is 22.9 Å². The van der Waals surface area contributed by atoms with E-state index in [-0.39, 0.29) is 6.04 Å². The summed E-state index contributed by atoms with van der Waals surface area (Å²) in [6, 6.07) is 6.96. The average Bonchev–Trinajstić information content (AvgIpc) is 3.51. The van der Waals surface area contributed by atoms with E-state index in [1.807, 2.05) is 0 Å². The molecular weight excluding hydrogens is 380 g/mol. The van der Waals surface area contributed by atoms with Crippen LogP contribution in [0.25, 0.3) is 11.1 Å². The summed E-state index contributed by atoms with van der Waals surface area (Å²) in [5.41, 5.74) is 3.27. The average molecular weight is 409 g/mol. The number of benzene rings is 1. The molecular formula is C23H28N4O3. The fraction of sp³-hybridized carbons (Fsp3) is 0.478. The zero-order chi connectivity index (χ0) is 20.3. The van der Waals surface area contributed by atoms with Crippen LogP contribution in [0, 0.1) is 5.92 Å². The molecule has 1 aliphatic carbocycles. The van der Waals surface area contributed by atoms with E-state index in [9.17, 15) is 0 Å². The Morgan fingerprint density at radius 2 is 2.03 bits per heavy atom. The van der Waals surface area contributed by atoms with Gasteiger partial charge in [0.05, 0.1) is 19.8 Å². The van der Waals surface area contributed by atoms with Gasteiger partial charge in [-0.2, -0.15) is 0 Å². The lowest BCUT2D eigenvalue weighted by Crippen LogP contribution is -2.48. The number of ether oxygens (including phenoxy) is 3. The summed E-state index contributed by atoms with van der Waals surface area (Å²) in [6.45, 7) is 4.22. The molecule has 0 amide bonds. The van der Waals surface area contributed by atoms with Crippen molar-refractivity contribution in [2.75, 3.05) is 40.0 Å². The molecule has 3 aliphatic rings. The highest BCUT2D eigenvalue weighted by Crippen LogP contribution is 2.32. The van der Waals surface area contributed by atoms with Crippen LogP contribution in [0.15, 0.2) is 42.9 Å². The monoisotopic (exact) mass is 408 g/mol. The molecule has 1 unspecified atom stereocenters. The third-order valence-electron chi connectivity index (χ3n) is 5.91. The normalized spacial score (nSPS) is 20.8. The van der Waals surface area contributed by atoms with Crippen LogP contribution in [0.3, 0.4) is 0 Å². The van der Waals surface area contributed by atoms with Crippen LogP contribution in [0.2, 0.25) is 0 Å². The predicted octanol–water partition coefficient (Wildman–Crippen LogP) is 2.93. The second kappa shape index (κ2) is 8.62. The Bertz CT molecular complexity index is 898.